The maximum atomic E-state index is 12.1. The normalized spacial score (nSPS) is 20.8. The van der Waals surface area contributed by atoms with Crippen LogP contribution in [0.3, 0.4) is 0 Å². The van der Waals surface area contributed by atoms with E-state index in [2.05, 4.69) is 24.2 Å². The summed E-state index contributed by atoms with van der Waals surface area (Å²) in [5.41, 5.74) is 0. The Morgan fingerprint density at radius 3 is 2.50 bits per heavy atom. The minimum absolute atomic E-state index is 0.149. The lowest BCUT2D eigenvalue weighted by atomic mass is 10.1. The van der Waals surface area contributed by atoms with Crippen LogP contribution in [0.1, 0.15) is 34.6 Å². The molecule has 1 aliphatic rings. The van der Waals surface area contributed by atoms with E-state index in [1.807, 2.05) is 25.7 Å². The molecular formula is C13H25N3OS. The Labute approximate surface area is 115 Å². The highest BCUT2D eigenvalue weighted by Gasteiger charge is 2.24. The molecule has 0 aromatic heterocycles. The van der Waals surface area contributed by atoms with Gasteiger partial charge in [0, 0.05) is 18.8 Å². The Morgan fingerprint density at radius 1 is 1.44 bits per heavy atom. The van der Waals surface area contributed by atoms with E-state index in [9.17, 15) is 4.79 Å². The lowest BCUT2D eigenvalue weighted by Crippen LogP contribution is -2.46. The molecule has 0 aliphatic carbocycles. The average Bonchev–Trinajstić information content (AvgIpc) is 2.79. The topological polar surface area (TPSA) is 44.7 Å². The van der Waals surface area contributed by atoms with Crippen LogP contribution in [0, 0.1) is 5.92 Å². The van der Waals surface area contributed by atoms with Crippen molar-refractivity contribution in [1.82, 2.24) is 10.2 Å². The van der Waals surface area contributed by atoms with Gasteiger partial charge in [-0.05, 0) is 26.7 Å². The number of nitrogens with zero attached hydrogens (tertiary/aromatic N) is 2. The van der Waals surface area contributed by atoms with Crippen molar-refractivity contribution < 1.29 is 4.79 Å². The molecule has 104 valence electrons. The number of amides is 1. The highest BCUT2D eigenvalue weighted by molar-refractivity contribution is 8.14. The average molecular weight is 271 g/mol. The first-order valence-corrected chi connectivity index (χ1v) is 7.74. The quantitative estimate of drug-likeness (QED) is 0.831. The van der Waals surface area contributed by atoms with Crippen LogP contribution in [0.5, 0.6) is 0 Å². The van der Waals surface area contributed by atoms with Crippen LogP contribution >= 0.6 is 11.8 Å². The molecular weight excluding hydrogens is 246 g/mol. The van der Waals surface area contributed by atoms with Crippen LogP contribution in [0.25, 0.3) is 0 Å². The minimum atomic E-state index is -0.193. The van der Waals surface area contributed by atoms with Gasteiger partial charge in [0.05, 0.1) is 6.04 Å². The van der Waals surface area contributed by atoms with E-state index in [1.165, 1.54) is 0 Å². The van der Waals surface area contributed by atoms with Crippen molar-refractivity contribution in [2.45, 2.75) is 46.7 Å². The van der Waals surface area contributed by atoms with E-state index in [1.54, 1.807) is 11.8 Å². The first-order chi connectivity index (χ1) is 8.49. The smallest absolute Gasteiger partial charge is 0.244 e. The molecule has 0 saturated heterocycles. The lowest BCUT2D eigenvalue weighted by molar-refractivity contribution is -0.132. The number of hydrogen-bond acceptors (Lipinski definition) is 4. The van der Waals surface area contributed by atoms with Crippen LogP contribution in [-0.2, 0) is 4.79 Å². The van der Waals surface area contributed by atoms with Crippen molar-refractivity contribution >= 4 is 22.8 Å². The Hall–Kier alpha value is -0.710. The number of thioether (sulfide) groups is 1. The minimum Gasteiger partial charge on any atom is -0.353 e. The van der Waals surface area contributed by atoms with Gasteiger partial charge in [-0.1, -0.05) is 25.6 Å². The van der Waals surface area contributed by atoms with Gasteiger partial charge in [-0.15, -0.1) is 0 Å². The third-order valence-electron chi connectivity index (χ3n) is 3.23. The molecule has 0 radical (unpaired) electrons. The van der Waals surface area contributed by atoms with E-state index in [4.69, 9.17) is 0 Å². The van der Waals surface area contributed by atoms with Gasteiger partial charge in [-0.3, -0.25) is 9.79 Å². The Bertz CT molecular complexity index is 313. The zero-order chi connectivity index (χ0) is 13.7. The summed E-state index contributed by atoms with van der Waals surface area (Å²) in [4.78, 5) is 18.6. The number of amidine groups is 1. The molecule has 0 fully saturated rings. The summed E-state index contributed by atoms with van der Waals surface area (Å²) >= 11 is 1.72. The Kier molecular flexibility index (Phi) is 5.99. The number of hydrogen-bond donors (Lipinski definition) is 1. The largest absolute Gasteiger partial charge is 0.353 e. The fourth-order valence-electron chi connectivity index (χ4n) is 1.87. The van der Waals surface area contributed by atoms with Crippen LogP contribution in [0.4, 0.5) is 0 Å². The van der Waals surface area contributed by atoms with Gasteiger partial charge < -0.3 is 10.2 Å². The number of carbonyl (C=O) groups excluding carboxylic acids is 1. The Balaban J connectivity index is 2.53. The van der Waals surface area contributed by atoms with Crippen molar-refractivity contribution in [3.63, 3.8) is 0 Å². The molecule has 1 heterocycles. The van der Waals surface area contributed by atoms with Gasteiger partial charge in [0.15, 0.2) is 5.17 Å². The van der Waals surface area contributed by atoms with Crippen molar-refractivity contribution in [2.75, 3.05) is 18.8 Å². The summed E-state index contributed by atoms with van der Waals surface area (Å²) in [7, 11) is 0. The molecule has 1 amide bonds. The molecule has 0 aromatic rings. The molecule has 1 N–H and O–H groups in total. The molecule has 0 bridgehead atoms. The summed E-state index contributed by atoms with van der Waals surface area (Å²) in [6, 6.07) is 0.190. The molecule has 0 aromatic carbocycles. The zero-order valence-electron chi connectivity index (χ0n) is 12.1. The van der Waals surface area contributed by atoms with Gasteiger partial charge in [0.1, 0.15) is 6.04 Å². The zero-order valence-corrected chi connectivity index (χ0v) is 12.9. The summed E-state index contributed by atoms with van der Waals surface area (Å²) < 4.78 is 0. The number of nitrogens with one attached hydrogen (secondary N) is 1. The maximum absolute atomic E-state index is 12.1. The molecule has 0 saturated carbocycles. The van der Waals surface area contributed by atoms with E-state index >= 15 is 0 Å². The third kappa shape index (κ3) is 3.90. The van der Waals surface area contributed by atoms with Crippen LogP contribution in [-0.4, -0.2) is 46.9 Å². The summed E-state index contributed by atoms with van der Waals surface area (Å²) in [5, 5.41) is 4.15. The van der Waals surface area contributed by atoms with E-state index in [0.29, 0.717) is 12.0 Å². The van der Waals surface area contributed by atoms with Crippen molar-refractivity contribution in [3.8, 4) is 0 Å². The summed E-state index contributed by atoms with van der Waals surface area (Å²) in [5.74, 6) is 1.73. The standard InChI is InChI=1S/C13H25N3OS/c1-6-16(7-2)12(17)10(5)14-13-15-11(8-18-13)9(3)4/h9-11H,6-8H2,1-5H3,(H,14,15). The number of rotatable bonds is 5. The molecule has 2 atom stereocenters. The molecule has 2 unspecified atom stereocenters. The first-order valence-electron chi connectivity index (χ1n) is 6.75. The van der Waals surface area contributed by atoms with E-state index in [0.717, 1.165) is 24.0 Å². The number of carbonyl (C=O) groups is 1. The lowest BCUT2D eigenvalue weighted by Gasteiger charge is -2.23. The second-order valence-corrected chi connectivity index (χ2v) is 5.94. The highest BCUT2D eigenvalue weighted by Crippen LogP contribution is 2.22. The van der Waals surface area contributed by atoms with Crippen molar-refractivity contribution in [2.24, 2.45) is 10.9 Å². The Morgan fingerprint density at radius 2 is 2.06 bits per heavy atom. The fourth-order valence-corrected chi connectivity index (χ4v) is 3.12. The maximum Gasteiger partial charge on any atom is 0.244 e. The molecule has 4 nitrogen and oxygen atoms in total. The van der Waals surface area contributed by atoms with Crippen LogP contribution < -0.4 is 5.32 Å². The van der Waals surface area contributed by atoms with E-state index in [-0.39, 0.29) is 11.9 Å². The predicted molar refractivity (Wildman–Crippen MR) is 79.0 cm³/mol. The number of aliphatic imine (C=N–C) groups is 1. The molecule has 1 aliphatic heterocycles. The van der Waals surface area contributed by atoms with Crippen molar-refractivity contribution in [3.05, 3.63) is 0 Å². The number of likely N-dealkylation sites (N-methyl/N-ethyl adjacent to an activating group) is 1. The van der Waals surface area contributed by atoms with Crippen molar-refractivity contribution in [1.29, 1.82) is 0 Å². The third-order valence-corrected chi connectivity index (χ3v) is 4.23. The SMILES string of the molecule is CCN(CC)C(=O)C(C)NC1=NC(C(C)C)CS1. The molecule has 18 heavy (non-hydrogen) atoms. The van der Waals surface area contributed by atoms with Crippen LogP contribution in [0.2, 0.25) is 0 Å². The molecule has 1 rings (SSSR count). The van der Waals surface area contributed by atoms with E-state index < -0.39 is 0 Å². The highest BCUT2D eigenvalue weighted by atomic mass is 32.2. The van der Waals surface area contributed by atoms with Gasteiger partial charge >= 0.3 is 0 Å². The summed E-state index contributed by atoms with van der Waals surface area (Å²) in [6.07, 6.45) is 0. The molecule has 0 spiro atoms. The summed E-state index contributed by atoms with van der Waals surface area (Å²) in [6.45, 7) is 11.8. The fraction of sp³-hybridized carbons (Fsp3) is 0.846. The van der Waals surface area contributed by atoms with Gasteiger partial charge in [-0.2, -0.15) is 0 Å². The molecule has 5 heteroatoms. The van der Waals surface area contributed by atoms with Gasteiger partial charge in [-0.25, -0.2) is 0 Å². The monoisotopic (exact) mass is 271 g/mol. The second kappa shape index (κ2) is 7.02. The second-order valence-electron chi connectivity index (χ2n) is 4.93. The first kappa shape index (κ1) is 15.3. The van der Waals surface area contributed by atoms with Crippen LogP contribution in [0.15, 0.2) is 4.99 Å². The van der Waals surface area contributed by atoms with Gasteiger partial charge in [0.25, 0.3) is 0 Å². The van der Waals surface area contributed by atoms with Gasteiger partial charge in [0.2, 0.25) is 5.91 Å². The predicted octanol–water partition coefficient (Wildman–Crippen LogP) is 1.96.